The van der Waals surface area contributed by atoms with Gasteiger partial charge in [0, 0.05) is 6.04 Å². The molecular formula is C16H22F3NO. The van der Waals surface area contributed by atoms with E-state index in [0.717, 1.165) is 18.4 Å². The molecule has 0 spiro atoms. The van der Waals surface area contributed by atoms with Crippen molar-refractivity contribution in [2.75, 3.05) is 13.2 Å². The lowest BCUT2D eigenvalue weighted by atomic mass is 9.92. The number of halogens is 3. The molecule has 1 N–H and O–H groups in total. The van der Waals surface area contributed by atoms with Gasteiger partial charge in [0.25, 0.3) is 0 Å². The van der Waals surface area contributed by atoms with Crippen LogP contribution in [0.2, 0.25) is 0 Å². The number of hydrogen-bond acceptors (Lipinski definition) is 2. The van der Waals surface area contributed by atoms with Crippen molar-refractivity contribution in [3.05, 3.63) is 35.4 Å². The summed E-state index contributed by atoms with van der Waals surface area (Å²) in [4.78, 5) is 0. The molecule has 0 aliphatic carbocycles. The molecule has 0 bridgehead atoms. The summed E-state index contributed by atoms with van der Waals surface area (Å²) >= 11 is 0. The highest BCUT2D eigenvalue weighted by Gasteiger charge is 2.34. The second-order valence-corrected chi connectivity index (χ2v) is 5.51. The van der Waals surface area contributed by atoms with Crippen LogP contribution in [-0.2, 0) is 11.2 Å². The molecule has 0 saturated heterocycles. The Morgan fingerprint density at radius 2 is 2.10 bits per heavy atom. The van der Waals surface area contributed by atoms with Gasteiger partial charge in [0.2, 0.25) is 0 Å². The average Bonchev–Trinajstić information content (AvgIpc) is 2.43. The third kappa shape index (κ3) is 5.00. The molecule has 2 nitrogen and oxygen atoms in total. The Morgan fingerprint density at radius 1 is 1.33 bits per heavy atom. The zero-order valence-corrected chi connectivity index (χ0v) is 12.2. The van der Waals surface area contributed by atoms with Gasteiger partial charge in [0.05, 0.1) is 19.1 Å². The Hall–Kier alpha value is -1.07. The zero-order chi connectivity index (χ0) is 15.3. The monoisotopic (exact) mass is 301 g/mol. The molecule has 2 unspecified atom stereocenters. The predicted molar refractivity (Wildman–Crippen MR) is 76.2 cm³/mol. The highest BCUT2D eigenvalue weighted by molar-refractivity contribution is 5.31. The van der Waals surface area contributed by atoms with Crippen LogP contribution in [0.15, 0.2) is 24.3 Å². The third-order valence-electron chi connectivity index (χ3n) is 3.75. The smallest absolute Gasteiger partial charge is 0.373 e. The SMILES string of the molecule is CCCNC(CC1OCCc2ccccc21)CC(F)(F)F. The Balaban J connectivity index is 2.06. The second-order valence-electron chi connectivity index (χ2n) is 5.51. The van der Waals surface area contributed by atoms with Crippen LogP contribution in [0.1, 0.15) is 43.4 Å². The fourth-order valence-corrected chi connectivity index (χ4v) is 2.80. The van der Waals surface area contributed by atoms with Crippen LogP contribution in [0.3, 0.4) is 0 Å². The minimum Gasteiger partial charge on any atom is -0.373 e. The van der Waals surface area contributed by atoms with Gasteiger partial charge in [-0.25, -0.2) is 0 Å². The third-order valence-corrected chi connectivity index (χ3v) is 3.75. The van der Waals surface area contributed by atoms with Gasteiger partial charge < -0.3 is 10.1 Å². The molecule has 0 radical (unpaired) electrons. The van der Waals surface area contributed by atoms with Crippen molar-refractivity contribution < 1.29 is 17.9 Å². The van der Waals surface area contributed by atoms with Crippen molar-refractivity contribution in [2.24, 2.45) is 0 Å². The van der Waals surface area contributed by atoms with E-state index in [4.69, 9.17) is 4.74 Å². The molecule has 0 fully saturated rings. The minimum atomic E-state index is -4.15. The van der Waals surface area contributed by atoms with E-state index in [0.29, 0.717) is 19.6 Å². The Bertz CT molecular complexity index is 447. The molecular weight excluding hydrogens is 279 g/mol. The molecule has 0 aromatic heterocycles. The number of fused-ring (bicyclic) bond motifs is 1. The average molecular weight is 301 g/mol. The van der Waals surface area contributed by atoms with Gasteiger partial charge in [-0.15, -0.1) is 0 Å². The Labute approximate surface area is 123 Å². The molecule has 1 aliphatic rings. The number of hydrogen-bond donors (Lipinski definition) is 1. The molecule has 118 valence electrons. The van der Waals surface area contributed by atoms with Crippen LogP contribution in [0.25, 0.3) is 0 Å². The van der Waals surface area contributed by atoms with Crippen LogP contribution >= 0.6 is 0 Å². The quantitative estimate of drug-likeness (QED) is 0.857. The van der Waals surface area contributed by atoms with E-state index in [-0.39, 0.29) is 6.10 Å². The lowest BCUT2D eigenvalue weighted by Gasteiger charge is -2.30. The summed E-state index contributed by atoms with van der Waals surface area (Å²) in [6.45, 7) is 3.12. The molecule has 1 aliphatic heterocycles. The zero-order valence-electron chi connectivity index (χ0n) is 12.2. The molecule has 21 heavy (non-hydrogen) atoms. The van der Waals surface area contributed by atoms with Crippen molar-refractivity contribution in [3.63, 3.8) is 0 Å². The molecule has 2 atom stereocenters. The van der Waals surface area contributed by atoms with E-state index >= 15 is 0 Å². The van der Waals surface area contributed by atoms with E-state index in [1.165, 1.54) is 5.56 Å². The highest BCUT2D eigenvalue weighted by atomic mass is 19.4. The van der Waals surface area contributed by atoms with Gasteiger partial charge in [-0.05, 0) is 36.9 Å². The van der Waals surface area contributed by atoms with Gasteiger partial charge >= 0.3 is 6.18 Å². The summed E-state index contributed by atoms with van der Waals surface area (Å²) in [5.74, 6) is 0. The Morgan fingerprint density at radius 3 is 2.81 bits per heavy atom. The topological polar surface area (TPSA) is 21.3 Å². The number of nitrogens with one attached hydrogen (secondary N) is 1. The van der Waals surface area contributed by atoms with Gasteiger partial charge in [-0.3, -0.25) is 0 Å². The first-order valence-electron chi connectivity index (χ1n) is 7.49. The normalized spacial score (nSPS) is 20.1. The predicted octanol–water partition coefficient (Wildman–Crippen LogP) is 4.01. The van der Waals surface area contributed by atoms with Crippen molar-refractivity contribution in [1.82, 2.24) is 5.32 Å². The second kappa shape index (κ2) is 7.27. The molecule has 5 heteroatoms. The van der Waals surface area contributed by atoms with Crippen LogP contribution in [0, 0.1) is 0 Å². The van der Waals surface area contributed by atoms with Crippen LogP contribution in [-0.4, -0.2) is 25.4 Å². The molecule has 1 heterocycles. The van der Waals surface area contributed by atoms with E-state index < -0.39 is 18.6 Å². The lowest BCUT2D eigenvalue weighted by Crippen LogP contribution is -2.36. The van der Waals surface area contributed by atoms with Crippen molar-refractivity contribution in [1.29, 1.82) is 0 Å². The Kier molecular flexibility index (Phi) is 5.65. The number of rotatable bonds is 6. The summed E-state index contributed by atoms with van der Waals surface area (Å²) in [5.41, 5.74) is 2.23. The molecule has 0 amide bonds. The fourth-order valence-electron chi connectivity index (χ4n) is 2.80. The van der Waals surface area contributed by atoms with E-state index in [1.54, 1.807) is 0 Å². The summed E-state index contributed by atoms with van der Waals surface area (Å²) in [7, 11) is 0. The maximum atomic E-state index is 12.7. The number of benzene rings is 1. The minimum absolute atomic E-state index is 0.244. The first-order valence-corrected chi connectivity index (χ1v) is 7.49. The first-order chi connectivity index (χ1) is 9.99. The standard InChI is InChI=1S/C16H22F3NO/c1-2-8-20-13(11-16(17,18)19)10-15-14-6-4-3-5-12(14)7-9-21-15/h3-6,13,15,20H,2,7-11H2,1H3. The van der Waals surface area contributed by atoms with Crippen molar-refractivity contribution in [3.8, 4) is 0 Å². The molecule has 1 aromatic carbocycles. The molecule has 2 rings (SSSR count). The summed E-state index contributed by atoms with van der Waals surface area (Å²) < 4.78 is 43.8. The largest absolute Gasteiger partial charge is 0.390 e. The lowest BCUT2D eigenvalue weighted by molar-refractivity contribution is -0.142. The van der Waals surface area contributed by atoms with E-state index in [9.17, 15) is 13.2 Å². The maximum Gasteiger partial charge on any atom is 0.390 e. The molecule has 1 aromatic rings. The van der Waals surface area contributed by atoms with Gasteiger partial charge in [0.15, 0.2) is 0 Å². The first kappa shape index (κ1) is 16.3. The van der Waals surface area contributed by atoms with Gasteiger partial charge in [-0.1, -0.05) is 31.2 Å². The highest BCUT2D eigenvalue weighted by Crippen LogP contribution is 2.33. The van der Waals surface area contributed by atoms with Crippen molar-refractivity contribution in [2.45, 2.75) is 50.9 Å². The van der Waals surface area contributed by atoms with Gasteiger partial charge in [0.1, 0.15) is 0 Å². The summed E-state index contributed by atoms with van der Waals surface area (Å²) in [5, 5.41) is 3.00. The fraction of sp³-hybridized carbons (Fsp3) is 0.625. The van der Waals surface area contributed by atoms with Crippen molar-refractivity contribution >= 4 is 0 Å². The summed E-state index contributed by atoms with van der Waals surface area (Å²) in [6, 6.07) is 7.27. The number of ether oxygens (including phenoxy) is 1. The maximum absolute atomic E-state index is 12.7. The van der Waals surface area contributed by atoms with E-state index in [1.807, 2.05) is 31.2 Å². The van der Waals surface area contributed by atoms with Gasteiger partial charge in [-0.2, -0.15) is 13.2 Å². The van der Waals surface area contributed by atoms with E-state index in [2.05, 4.69) is 5.32 Å². The summed E-state index contributed by atoms with van der Waals surface area (Å²) in [6.07, 6.45) is -3.20. The van der Waals surface area contributed by atoms with Crippen LogP contribution in [0.5, 0.6) is 0 Å². The van der Waals surface area contributed by atoms with Crippen LogP contribution < -0.4 is 5.32 Å². The molecule has 0 saturated carbocycles. The number of alkyl halides is 3. The van der Waals surface area contributed by atoms with Crippen LogP contribution in [0.4, 0.5) is 13.2 Å².